The highest BCUT2D eigenvalue weighted by atomic mass is 16.2. The maximum Gasteiger partial charge on any atom is 0.222 e. The van der Waals surface area contributed by atoms with Crippen molar-refractivity contribution in [3.63, 3.8) is 0 Å². The minimum Gasteiger partial charge on any atom is -0.344 e. The predicted molar refractivity (Wildman–Crippen MR) is 55.6 cm³/mol. The predicted octanol–water partition coefficient (Wildman–Crippen LogP) is 1.10. The molecule has 13 heavy (non-hydrogen) atoms. The summed E-state index contributed by atoms with van der Waals surface area (Å²) in [7, 11) is 3.76. The number of nitrogens with one attached hydrogen (secondary N) is 1. The van der Waals surface area contributed by atoms with E-state index in [1.807, 2.05) is 14.1 Å². The first-order valence-corrected chi connectivity index (χ1v) is 5.00. The van der Waals surface area contributed by atoms with Crippen molar-refractivity contribution in [1.82, 2.24) is 10.2 Å². The Morgan fingerprint density at radius 3 is 2.62 bits per heavy atom. The molecule has 0 rings (SSSR count). The zero-order chi connectivity index (χ0) is 10.3. The lowest BCUT2D eigenvalue weighted by Crippen LogP contribution is -2.33. The van der Waals surface area contributed by atoms with Crippen molar-refractivity contribution in [2.45, 2.75) is 26.7 Å². The van der Waals surface area contributed by atoms with Gasteiger partial charge in [-0.05, 0) is 13.0 Å². The SMILES string of the molecule is CCC(C)CC(=O)N(C)CCNC. The summed E-state index contributed by atoms with van der Waals surface area (Å²) < 4.78 is 0. The summed E-state index contributed by atoms with van der Waals surface area (Å²) >= 11 is 0. The number of hydrogen-bond acceptors (Lipinski definition) is 2. The molecule has 0 bridgehead atoms. The van der Waals surface area contributed by atoms with Crippen LogP contribution in [0.25, 0.3) is 0 Å². The number of hydrogen-bond donors (Lipinski definition) is 1. The summed E-state index contributed by atoms with van der Waals surface area (Å²) in [5.41, 5.74) is 0. The van der Waals surface area contributed by atoms with E-state index in [4.69, 9.17) is 0 Å². The van der Waals surface area contributed by atoms with Crippen LogP contribution in [0.15, 0.2) is 0 Å². The van der Waals surface area contributed by atoms with Crippen molar-refractivity contribution in [3.05, 3.63) is 0 Å². The van der Waals surface area contributed by atoms with E-state index in [9.17, 15) is 4.79 Å². The highest BCUT2D eigenvalue weighted by molar-refractivity contribution is 5.76. The topological polar surface area (TPSA) is 32.3 Å². The molecule has 0 spiro atoms. The number of carbonyl (C=O) groups excluding carboxylic acids is 1. The van der Waals surface area contributed by atoms with Gasteiger partial charge >= 0.3 is 0 Å². The third kappa shape index (κ3) is 5.64. The Kier molecular flexibility index (Phi) is 6.59. The fraction of sp³-hybridized carbons (Fsp3) is 0.900. The Morgan fingerprint density at radius 1 is 1.54 bits per heavy atom. The molecule has 1 amide bonds. The van der Waals surface area contributed by atoms with Gasteiger partial charge in [0.2, 0.25) is 5.91 Å². The smallest absolute Gasteiger partial charge is 0.222 e. The molecule has 78 valence electrons. The first kappa shape index (κ1) is 12.4. The molecule has 1 unspecified atom stereocenters. The number of carbonyl (C=O) groups is 1. The summed E-state index contributed by atoms with van der Waals surface area (Å²) in [4.78, 5) is 13.3. The average molecular weight is 186 g/mol. The molecule has 0 heterocycles. The maximum atomic E-state index is 11.5. The van der Waals surface area contributed by atoms with Gasteiger partial charge in [0.15, 0.2) is 0 Å². The number of rotatable bonds is 6. The molecule has 0 aliphatic rings. The van der Waals surface area contributed by atoms with E-state index < -0.39 is 0 Å². The van der Waals surface area contributed by atoms with E-state index in [-0.39, 0.29) is 5.91 Å². The average Bonchev–Trinajstić information content (AvgIpc) is 2.13. The molecule has 0 radical (unpaired) electrons. The van der Waals surface area contributed by atoms with E-state index in [1.165, 1.54) is 0 Å². The molecule has 0 fully saturated rings. The standard InChI is InChI=1S/C10H22N2O/c1-5-9(2)8-10(13)12(4)7-6-11-3/h9,11H,5-8H2,1-4H3. The second-order valence-corrected chi connectivity index (χ2v) is 3.64. The van der Waals surface area contributed by atoms with Crippen LogP contribution in [0.1, 0.15) is 26.7 Å². The molecule has 0 saturated carbocycles. The molecule has 0 aromatic carbocycles. The van der Waals surface area contributed by atoms with E-state index in [2.05, 4.69) is 19.2 Å². The van der Waals surface area contributed by atoms with Crippen LogP contribution in [0.4, 0.5) is 0 Å². The van der Waals surface area contributed by atoms with Crippen LogP contribution < -0.4 is 5.32 Å². The van der Waals surface area contributed by atoms with Crippen LogP contribution in [0.2, 0.25) is 0 Å². The minimum absolute atomic E-state index is 0.254. The van der Waals surface area contributed by atoms with Crippen LogP contribution in [0, 0.1) is 5.92 Å². The van der Waals surface area contributed by atoms with Gasteiger partial charge in [0.05, 0.1) is 0 Å². The van der Waals surface area contributed by atoms with E-state index in [0.717, 1.165) is 19.5 Å². The Balaban J connectivity index is 3.68. The molecule has 0 aromatic rings. The molecule has 0 aromatic heterocycles. The summed E-state index contributed by atoms with van der Waals surface area (Å²) in [5.74, 6) is 0.758. The largest absolute Gasteiger partial charge is 0.344 e. The van der Waals surface area contributed by atoms with Crippen molar-refractivity contribution < 1.29 is 4.79 Å². The van der Waals surface area contributed by atoms with Gasteiger partial charge in [-0.1, -0.05) is 20.3 Å². The molecule has 1 N–H and O–H groups in total. The van der Waals surface area contributed by atoms with Crippen molar-refractivity contribution in [2.24, 2.45) is 5.92 Å². The van der Waals surface area contributed by atoms with Gasteiger partial charge in [-0.15, -0.1) is 0 Å². The van der Waals surface area contributed by atoms with Crippen LogP contribution in [0.5, 0.6) is 0 Å². The van der Waals surface area contributed by atoms with Gasteiger partial charge in [-0.2, -0.15) is 0 Å². The number of nitrogens with zero attached hydrogens (tertiary/aromatic N) is 1. The van der Waals surface area contributed by atoms with Gasteiger partial charge in [0, 0.05) is 26.6 Å². The number of amides is 1. The highest BCUT2D eigenvalue weighted by Gasteiger charge is 2.11. The number of likely N-dealkylation sites (N-methyl/N-ethyl adjacent to an activating group) is 2. The summed E-state index contributed by atoms with van der Waals surface area (Å²) in [6, 6.07) is 0. The second kappa shape index (κ2) is 6.89. The maximum absolute atomic E-state index is 11.5. The quantitative estimate of drug-likeness (QED) is 0.673. The zero-order valence-corrected chi connectivity index (χ0v) is 9.26. The van der Waals surface area contributed by atoms with Crippen molar-refractivity contribution in [1.29, 1.82) is 0 Å². The fourth-order valence-corrected chi connectivity index (χ4v) is 1.00. The van der Waals surface area contributed by atoms with Crippen LogP contribution in [-0.4, -0.2) is 38.0 Å². The first-order valence-electron chi connectivity index (χ1n) is 5.00. The van der Waals surface area contributed by atoms with Gasteiger partial charge in [-0.3, -0.25) is 4.79 Å². The molecule has 1 atom stereocenters. The van der Waals surface area contributed by atoms with Crippen molar-refractivity contribution in [2.75, 3.05) is 27.2 Å². The fourth-order valence-electron chi connectivity index (χ4n) is 1.00. The van der Waals surface area contributed by atoms with Gasteiger partial charge in [0.1, 0.15) is 0 Å². The Bertz CT molecular complexity index is 148. The van der Waals surface area contributed by atoms with Gasteiger partial charge in [0.25, 0.3) is 0 Å². The lowest BCUT2D eigenvalue weighted by molar-refractivity contribution is -0.130. The lowest BCUT2D eigenvalue weighted by atomic mass is 10.0. The third-order valence-electron chi connectivity index (χ3n) is 2.34. The van der Waals surface area contributed by atoms with Crippen LogP contribution in [0.3, 0.4) is 0 Å². The van der Waals surface area contributed by atoms with Crippen LogP contribution >= 0.6 is 0 Å². The second-order valence-electron chi connectivity index (χ2n) is 3.64. The Hall–Kier alpha value is -0.570. The van der Waals surface area contributed by atoms with E-state index in [1.54, 1.807) is 4.90 Å². The van der Waals surface area contributed by atoms with E-state index in [0.29, 0.717) is 12.3 Å². The Labute approximate surface area is 81.5 Å². The zero-order valence-electron chi connectivity index (χ0n) is 9.26. The molecular weight excluding hydrogens is 164 g/mol. The van der Waals surface area contributed by atoms with Crippen molar-refractivity contribution >= 4 is 5.91 Å². The van der Waals surface area contributed by atoms with Crippen molar-refractivity contribution in [3.8, 4) is 0 Å². The molecule has 3 nitrogen and oxygen atoms in total. The van der Waals surface area contributed by atoms with E-state index >= 15 is 0 Å². The molecular formula is C10H22N2O. The third-order valence-corrected chi connectivity index (χ3v) is 2.34. The minimum atomic E-state index is 0.254. The van der Waals surface area contributed by atoms with Gasteiger partial charge in [-0.25, -0.2) is 0 Å². The molecule has 0 aliphatic carbocycles. The molecule has 3 heteroatoms. The molecule has 0 saturated heterocycles. The lowest BCUT2D eigenvalue weighted by Gasteiger charge is -2.18. The van der Waals surface area contributed by atoms with Crippen LogP contribution in [-0.2, 0) is 4.79 Å². The first-order chi connectivity index (χ1) is 6.11. The van der Waals surface area contributed by atoms with Gasteiger partial charge < -0.3 is 10.2 Å². The normalized spacial score (nSPS) is 12.6. The summed E-state index contributed by atoms with van der Waals surface area (Å²) in [6.07, 6.45) is 1.75. The Morgan fingerprint density at radius 2 is 2.15 bits per heavy atom. The summed E-state index contributed by atoms with van der Waals surface area (Å²) in [5, 5.41) is 3.03. The summed E-state index contributed by atoms with van der Waals surface area (Å²) in [6.45, 7) is 5.89. The highest BCUT2D eigenvalue weighted by Crippen LogP contribution is 2.07. The molecule has 0 aliphatic heterocycles. The monoisotopic (exact) mass is 186 g/mol.